The third-order valence-electron chi connectivity index (χ3n) is 4.72. The van der Waals surface area contributed by atoms with Gasteiger partial charge < -0.3 is 9.88 Å². The number of halogens is 1. The number of H-pyrrole nitrogens is 1. The molecule has 0 spiro atoms. The van der Waals surface area contributed by atoms with Gasteiger partial charge in [-0.25, -0.2) is 4.39 Å². The van der Waals surface area contributed by atoms with Gasteiger partial charge in [0.05, 0.1) is 17.2 Å². The maximum atomic E-state index is 14.8. The van der Waals surface area contributed by atoms with E-state index in [0.717, 1.165) is 28.0 Å². The van der Waals surface area contributed by atoms with Gasteiger partial charge in [-0.3, -0.25) is 0 Å². The molecule has 0 aliphatic carbocycles. The topological polar surface area (TPSA) is 42.8 Å². The van der Waals surface area contributed by atoms with Crippen LogP contribution in [0.15, 0.2) is 36.4 Å². The summed E-state index contributed by atoms with van der Waals surface area (Å²) in [5.41, 5.74) is 7.01. The molecule has 0 aliphatic heterocycles. The Kier molecular flexibility index (Phi) is 5.55. The molecule has 2 aromatic carbocycles. The van der Waals surface area contributed by atoms with E-state index in [4.69, 9.17) is 0 Å². The summed E-state index contributed by atoms with van der Waals surface area (Å²) in [4.78, 5) is 5.51. The van der Waals surface area contributed by atoms with Crippen LogP contribution < -0.4 is 4.90 Å². The van der Waals surface area contributed by atoms with Crippen LogP contribution in [0.2, 0.25) is 19.6 Å². The van der Waals surface area contributed by atoms with Gasteiger partial charge >= 0.3 is 0 Å². The number of hydrogen-bond acceptors (Lipinski definition) is 2. The molecule has 0 bridgehead atoms. The predicted molar refractivity (Wildman–Crippen MR) is 122 cm³/mol. The summed E-state index contributed by atoms with van der Waals surface area (Å²) >= 11 is 0. The van der Waals surface area contributed by atoms with E-state index >= 15 is 0 Å². The maximum absolute atomic E-state index is 14.8. The van der Waals surface area contributed by atoms with Crippen LogP contribution in [-0.4, -0.2) is 19.1 Å². The Labute approximate surface area is 173 Å². The summed E-state index contributed by atoms with van der Waals surface area (Å²) in [5.74, 6) is 3.62. The number of rotatable bonds is 3. The number of fused-ring (bicyclic) bond motifs is 1. The zero-order valence-electron chi connectivity index (χ0n) is 17.8. The summed E-state index contributed by atoms with van der Waals surface area (Å²) in [6.45, 7) is 12.6. The molecule has 5 heteroatoms. The van der Waals surface area contributed by atoms with Crippen LogP contribution in [0.4, 0.5) is 15.9 Å². The summed E-state index contributed by atoms with van der Waals surface area (Å²) in [5, 5.41) is 10.2. The van der Waals surface area contributed by atoms with Crippen molar-refractivity contribution in [3.63, 3.8) is 0 Å². The molecule has 148 valence electrons. The smallest absolute Gasteiger partial charge is 0.140 e. The highest BCUT2D eigenvalue weighted by Crippen LogP contribution is 2.35. The minimum atomic E-state index is -1.57. The first-order valence-electron chi connectivity index (χ1n) is 9.75. The number of hydrogen-bond donors (Lipinski definition) is 1. The van der Waals surface area contributed by atoms with Crippen molar-refractivity contribution in [1.82, 2.24) is 4.98 Å². The van der Waals surface area contributed by atoms with E-state index in [1.54, 1.807) is 12.1 Å². The van der Waals surface area contributed by atoms with E-state index in [1.165, 1.54) is 0 Å². The van der Waals surface area contributed by atoms with Gasteiger partial charge in [-0.2, -0.15) is 5.26 Å². The molecule has 0 amide bonds. The molecule has 29 heavy (non-hydrogen) atoms. The normalized spacial score (nSPS) is 11.3. The first-order valence-corrected chi connectivity index (χ1v) is 13.2. The summed E-state index contributed by atoms with van der Waals surface area (Å²) in [7, 11) is -1.57. The fraction of sp³-hybridized carbons (Fsp3) is 0.292. The zero-order valence-corrected chi connectivity index (χ0v) is 18.8. The van der Waals surface area contributed by atoms with Crippen molar-refractivity contribution in [2.75, 3.05) is 4.90 Å². The monoisotopic (exact) mass is 403 g/mol. The van der Waals surface area contributed by atoms with E-state index in [1.807, 2.05) is 31.2 Å². The SMILES string of the molecule is Cc1c(N(c2ccc(C#C[Si](C)(C)C)c(F)c2)C(C)C)[nH]c2cc(C#N)ccc12. The Morgan fingerprint density at radius 1 is 1.10 bits per heavy atom. The molecule has 1 heterocycles. The molecule has 3 rings (SSSR count). The molecule has 0 fully saturated rings. The number of nitrogens with zero attached hydrogens (tertiary/aromatic N) is 2. The van der Waals surface area contributed by atoms with Crippen molar-refractivity contribution in [2.24, 2.45) is 0 Å². The lowest BCUT2D eigenvalue weighted by atomic mass is 10.1. The van der Waals surface area contributed by atoms with Crippen LogP contribution in [0.3, 0.4) is 0 Å². The highest BCUT2D eigenvalue weighted by molar-refractivity contribution is 6.83. The number of aromatic nitrogens is 1. The molecule has 0 saturated carbocycles. The Morgan fingerprint density at radius 2 is 1.83 bits per heavy atom. The van der Waals surface area contributed by atoms with Gasteiger partial charge in [-0.05, 0) is 56.7 Å². The van der Waals surface area contributed by atoms with Crippen LogP contribution >= 0.6 is 0 Å². The first-order chi connectivity index (χ1) is 13.6. The van der Waals surface area contributed by atoms with E-state index < -0.39 is 8.07 Å². The molecule has 1 N–H and O–H groups in total. The molecule has 0 unspecified atom stereocenters. The van der Waals surface area contributed by atoms with Crippen molar-refractivity contribution in [3.05, 3.63) is 58.9 Å². The van der Waals surface area contributed by atoms with Gasteiger partial charge in [-0.15, -0.1) is 5.54 Å². The Morgan fingerprint density at radius 3 is 2.41 bits per heavy atom. The minimum Gasteiger partial charge on any atom is -0.341 e. The lowest BCUT2D eigenvalue weighted by Gasteiger charge is -2.29. The quantitative estimate of drug-likeness (QED) is 0.414. The van der Waals surface area contributed by atoms with E-state index in [9.17, 15) is 9.65 Å². The van der Waals surface area contributed by atoms with E-state index in [0.29, 0.717) is 11.1 Å². The van der Waals surface area contributed by atoms with Crippen molar-refractivity contribution < 1.29 is 4.39 Å². The van der Waals surface area contributed by atoms with Crippen molar-refractivity contribution in [3.8, 4) is 17.5 Å². The van der Waals surface area contributed by atoms with Gasteiger partial charge in [0.15, 0.2) is 0 Å². The lowest BCUT2D eigenvalue weighted by Crippen LogP contribution is -2.26. The minimum absolute atomic E-state index is 0.107. The van der Waals surface area contributed by atoms with Gasteiger partial charge in [0.2, 0.25) is 0 Å². The number of aromatic amines is 1. The average molecular weight is 404 g/mol. The second kappa shape index (κ2) is 7.77. The highest BCUT2D eigenvalue weighted by atomic mass is 28.3. The second-order valence-corrected chi connectivity index (χ2v) is 13.3. The van der Waals surface area contributed by atoms with Gasteiger partial charge in [0.1, 0.15) is 19.7 Å². The third kappa shape index (κ3) is 4.36. The number of benzene rings is 2. The fourth-order valence-electron chi connectivity index (χ4n) is 3.33. The van der Waals surface area contributed by atoms with Crippen molar-refractivity contribution >= 4 is 30.5 Å². The van der Waals surface area contributed by atoms with Crippen molar-refractivity contribution in [2.45, 2.75) is 46.5 Å². The van der Waals surface area contributed by atoms with Crippen LogP contribution in [0.1, 0.15) is 30.5 Å². The largest absolute Gasteiger partial charge is 0.341 e. The standard InChI is InChI=1S/C24H26FN3Si/c1-16(2)28(20-9-8-19(22(25)14-20)11-12-29(4,5)6)24-17(3)21-10-7-18(15-26)13-23(21)27-24/h7-10,13-14,16,27H,1-6H3. The molecule has 0 aliphatic rings. The van der Waals surface area contributed by atoms with E-state index in [-0.39, 0.29) is 11.9 Å². The summed E-state index contributed by atoms with van der Waals surface area (Å²) in [6, 6.07) is 13.1. The molecule has 0 saturated heterocycles. The highest BCUT2D eigenvalue weighted by Gasteiger charge is 2.20. The van der Waals surface area contributed by atoms with E-state index in [2.05, 4.69) is 60.9 Å². The van der Waals surface area contributed by atoms with Crippen molar-refractivity contribution in [1.29, 1.82) is 5.26 Å². The molecule has 3 aromatic rings. The summed E-state index contributed by atoms with van der Waals surface area (Å²) < 4.78 is 14.8. The van der Waals surface area contributed by atoms with Crippen LogP contribution in [-0.2, 0) is 0 Å². The van der Waals surface area contributed by atoms with Crippen LogP contribution in [0, 0.1) is 35.5 Å². The Hall–Kier alpha value is -3.02. The van der Waals surface area contributed by atoms with Gasteiger partial charge in [0.25, 0.3) is 0 Å². The number of nitrogens with one attached hydrogen (secondary N) is 1. The Balaban J connectivity index is 2.08. The van der Waals surface area contributed by atoms with Crippen LogP contribution in [0.5, 0.6) is 0 Å². The molecule has 0 radical (unpaired) electrons. The maximum Gasteiger partial charge on any atom is 0.140 e. The van der Waals surface area contributed by atoms with Gasteiger partial charge in [-0.1, -0.05) is 31.6 Å². The predicted octanol–water partition coefficient (Wildman–Crippen LogP) is 6.26. The summed E-state index contributed by atoms with van der Waals surface area (Å²) in [6.07, 6.45) is 0. The molecule has 0 atom stereocenters. The number of aryl methyl sites for hydroxylation is 1. The first kappa shape index (κ1) is 20.7. The zero-order chi connectivity index (χ0) is 21.3. The fourth-order valence-corrected chi connectivity index (χ4v) is 3.84. The Bertz CT molecular complexity index is 1170. The third-order valence-corrected chi connectivity index (χ3v) is 5.60. The van der Waals surface area contributed by atoms with Gasteiger partial charge in [0, 0.05) is 22.6 Å². The molecule has 3 nitrogen and oxygen atoms in total. The average Bonchev–Trinajstić information content (AvgIpc) is 2.96. The molecular weight excluding hydrogens is 377 g/mol. The molecule has 1 aromatic heterocycles. The second-order valence-electron chi connectivity index (χ2n) is 8.60. The molecular formula is C24H26FN3Si. The lowest BCUT2D eigenvalue weighted by molar-refractivity contribution is 0.623. The van der Waals surface area contributed by atoms with Crippen LogP contribution in [0.25, 0.3) is 10.9 Å². The number of nitriles is 1. The number of anilines is 2.